The molecule has 30 heavy (non-hydrogen) atoms. The van der Waals surface area contributed by atoms with Crippen molar-refractivity contribution in [3.63, 3.8) is 0 Å². The van der Waals surface area contributed by atoms with E-state index in [1.165, 1.54) is 22.6 Å². The van der Waals surface area contributed by atoms with E-state index in [9.17, 15) is 9.59 Å². The molecule has 1 aromatic carbocycles. The van der Waals surface area contributed by atoms with Gasteiger partial charge in [0.25, 0.3) is 17.8 Å². The lowest BCUT2D eigenvalue weighted by atomic mass is 9.99. The van der Waals surface area contributed by atoms with Gasteiger partial charge < -0.3 is 0 Å². The van der Waals surface area contributed by atoms with Crippen LogP contribution < -0.4 is 0 Å². The van der Waals surface area contributed by atoms with Crippen LogP contribution in [0.2, 0.25) is 0 Å². The van der Waals surface area contributed by atoms with Crippen LogP contribution in [0.5, 0.6) is 0 Å². The van der Waals surface area contributed by atoms with Crippen LogP contribution in [0.4, 0.5) is 4.79 Å². The van der Waals surface area contributed by atoms with Gasteiger partial charge in [0.15, 0.2) is 0 Å². The summed E-state index contributed by atoms with van der Waals surface area (Å²) in [6.45, 7) is 5.64. The number of aliphatic imine (C=N–C) groups is 1. The number of carbonyl (C=O) groups is 2. The third-order valence-corrected chi connectivity index (χ3v) is 6.27. The molecule has 0 aromatic heterocycles. The number of hydrogen-bond acceptors (Lipinski definition) is 4. The van der Waals surface area contributed by atoms with Gasteiger partial charge in [-0.15, -0.1) is 0 Å². The number of likely N-dealkylation sites (N-methyl/N-ethyl adjacent to an activating group) is 2. The molecule has 4 rings (SSSR count). The quantitative estimate of drug-likeness (QED) is 0.702. The van der Waals surface area contributed by atoms with Crippen LogP contribution in [0.1, 0.15) is 25.3 Å². The summed E-state index contributed by atoms with van der Waals surface area (Å²) in [7, 11) is 3.24. The van der Waals surface area contributed by atoms with Gasteiger partial charge in [-0.1, -0.05) is 43.3 Å². The number of amides is 3. The molecule has 1 atom stereocenters. The number of piperidine rings is 1. The van der Waals surface area contributed by atoms with E-state index in [1.54, 1.807) is 14.1 Å². The summed E-state index contributed by atoms with van der Waals surface area (Å²) in [5, 5.41) is 0. The maximum Gasteiger partial charge on any atom is 0.333 e. The molecule has 3 heterocycles. The molecule has 0 bridgehead atoms. The summed E-state index contributed by atoms with van der Waals surface area (Å²) in [6.07, 6.45) is 6.49. The molecule has 1 unspecified atom stereocenters. The van der Waals surface area contributed by atoms with Crippen molar-refractivity contribution < 1.29 is 14.2 Å². The Morgan fingerprint density at radius 1 is 1.10 bits per heavy atom. The number of fused-ring (bicyclic) bond motifs is 1. The van der Waals surface area contributed by atoms with E-state index in [0.717, 1.165) is 30.4 Å². The first-order valence-corrected chi connectivity index (χ1v) is 10.7. The van der Waals surface area contributed by atoms with Gasteiger partial charge in [0, 0.05) is 14.1 Å². The van der Waals surface area contributed by atoms with Crippen LogP contribution in [0.15, 0.2) is 41.4 Å². The molecule has 3 aliphatic heterocycles. The van der Waals surface area contributed by atoms with E-state index in [1.807, 2.05) is 30.3 Å². The Labute approximate surface area is 178 Å². The third kappa shape index (κ3) is 3.94. The Morgan fingerprint density at radius 2 is 1.80 bits per heavy atom. The Morgan fingerprint density at radius 3 is 2.50 bits per heavy atom. The smallest absolute Gasteiger partial charge is 0.292 e. The number of benzene rings is 1. The van der Waals surface area contributed by atoms with Gasteiger partial charge in [-0.2, -0.15) is 0 Å². The van der Waals surface area contributed by atoms with Crippen molar-refractivity contribution >= 4 is 29.7 Å². The van der Waals surface area contributed by atoms with Crippen LogP contribution in [0.25, 0.3) is 6.08 Å². The summed E-state index contributed by atoms with van der Waals surface area (Å²) < 4.78 is 2.05. The number of likely N-dealkylation sites (tertiary alicyclic amines) is 1. The predicted molar refractivity (Wildman–Crippen MR) is 118 cm³/mol. The zero-order chi connectivity index (χ0) is 21.3. The summed E-state index contributed by atoms with van der Waals surface area (Å²) >= 11 is 0. The third-order valence-electron chi connectivity index (χ3n) is 6.27. The van der Waals surface area contributed by atoms with E-state index in [-0.39, 0.29) is 11.9 Å². The first-order chi connectivity index (χ1) is 14.5. The summed E-state index contributed by atoms with van der Waals surface area (Å²) in [4.78, 5) is 35.3. The van der Waals surface area contributed by atoms with Gasteiger partial charge in [0.2, 0.25) is 0 Å². The van der Waals surface area contributed by atoms with Crippen LogP contribution in [-0.2, 0) is 4.79 Å². The summed E-state index contributed by atoms with van der Waals surface area (Å²) in [5.41, 5.74) is 1.11. The number of carbonyl (C=O) groups excluding carboxylic acids is 2. The molecular weight excluding hydrogens is 378 g/mol. The lowest BCUT2D eigenvalue weighted by Gasteiger charge is -2.30. The maximum absolute atomic E-state index is 13.0. The molecule has 158 valence electrons. The van der Waals surface area contributed by atoms with E-state index >= 15 is 0 Å². The molecule has 1 aromatic rings. The number of amidine groups is 2. The number of urea groups is 1. The van der Waals surface area contributed by atoms with Crippen molar-refractivity contribution in [2.24, 2.45) is 10.9 Å². The van der Waals surface area contributed by atoms with E-state index in [4.69, 9.17) is 4.99 Å². The maximum atomic E-state index is 13.0. The first-order valence-electron chi connectivity index (χ1n) is 10.7. The molecule has 3 amide bonds. The highest BCUT2D eigenvalue weighted by atomic mass is 16.2. The van der Waals surface area contributed by atoms with Crippen LogP contribution in [-0.4, -0.2) is 89.2 Å². The van der Waals surface area contributed by atoms with Gasteiger partial charge >= 0.3 is 11.9 Å². The normalized spacial score (nSPS) is 23.6. The molecule has 0 saturated carbocycles. The fourth-order valence-corrected chi connectivity index (χ4v) is 4.27. The van der Waals surface area contributed by atoms with Crippen LogP contribution in [0.3, 0.4) is 0 Å². The van der Waals surface area contributed by atoms with E-state index in [2.05, 4.69) is 28.6 Å². The van der Waals surface area contributed by atoms with Gasteiger partial charge in [-0.3, -0.25) is 19.5 Å². The van der Waals surface area contributed by atoms with Crippen LogP contribution in [0, 0.1) is 5.92 Å². The minimum absolute atomic E-state index is 0.216. The second-order valence-electron chi connectivity index (χ2n) is 8.45. The standard InChI is InChI=1S/C23H30N5O2/c1-17-11-14-27(15-12-17)16-19-24-21-20(22(29)26(3)23(30)25(21)2)28(19)13-7-10-18-8-5-4-6-9-18/h4-10,17,20H,11-16H2,1-3H3/q+1/b10-7+. The Kier molecular flexibility index (Phi) is 5.81. The Bertz CT molecular complexity index is 913. The Balaban J connectivity index is 1.61. The average molecular weight is 409 g/mol. The molecule has 2 fully saturated rings. The van der Waals surface area contributed by atoms with E-state index < -0.39 is 6.04 Å². The monoisotopic (exact) mass is 408 g/mol. The van der Waals surface area contributed by atoms with Gasteiger partial charge in [-0.05, 0) is 48.5 Å². The topological polar surface area (TPSA) is 59.2 Å². The van der Waals surface area contributed by atoms with Crippen LogP contribution >= 0.6 is 0 Å². The van der Waals surface area contributed by atoms with Crippen molar-refractivity contribution in [3.8, 4) is 0 Å². The lowest BCUT2D eigenvalue weighted by Crippen LogP contribution is -2.61. The lowest BCUT2D eigenvalue weighted by molar-refractivity contribution is -0.526. The minimum atomic E-state index is -0.545. The largest absolute Gasteiger partial charge is 0.333 e. The molecule has 7 heteroatoms. The zero-order valence-electron chi connectivity index (χ0n) is 18.0. The van der Waals surface area contributed by atoms with Crippen molar-refractivity contribution in [1.82, 2.24) is 14.7 Å². The fraction of sp³-hybridized carbons (Fsp3) is 0.478. The van der Waals surface area contributed by atoms with Crippen molar-refractivity contribution in [3.05, 3.63) is 42.0 Å². The van der Waals surface area contributed by atoms with Crippen molar-refractivity contribution in [2.75, 3.05) is 40.3 Å². The number of imide groups is 1. The van der Waals surface area contributed by atoms with Gasteiger partial charge in [0.05, 0.1) is 0 Å². The first kappa shape index (κ1) is 20.5. The second kappa shape index (κ2) is 8.52. The number of rotatable bonds is 5. The summed E-state index contributed by atoms with van der Waals surface area (Å²) in [6, 6.07) is 9.23. The number of hydrogen-bond donors (Lipinski definition) is 0. The van der Waals surface area contributed by atoms with E-state index in [0.29, 0.717) is 18.9 Å². The molecule has 3 aliphatic rings. The molecule has 0 N–H and O–H groups in total. The molecule has 7 nitrogen and oxygen atoms in total. The highest BCUT2D eigenvalue weighted by Gasteiger charge is 2.52. The summed E-state index contributed by atoms with van der Waals surface area (Å²) in [5.74, 6) is 1.95. The Hall–Kier alpha value is -2.80. The highest BCUT2D eigenvalue weighted by molar-refractivity contribution is 6.23. The SMILES string of the molecule is CC1CCN(CC2=[N+](C/C=C/c3ccccc3)C3C(=O)N(C)C(=O)N(C)C3=N2)CC1. The van der Waals surface area contributed by atoms with Gasteiger partial charge in [-0.25, -0.2) is 9.37 Å². The minimum Gasteiger partial charge on any atom is -0.292 e. The molecule has 0 radical (unpaired) electrons. The number of nitrogens with zero attached hydrogens (tertiary/aromatic N) is 5. The molecule has 0 aliphatic carbocycles. The molecular formula is C23H30N5O2+. The average Bonchev–Trinajstić information content (AvgIpc) is 3.11. The molecule has 2 saturated heterocycles. The second-order valence-corrected chi connectivity index (χ2v) is 8.45. The van der Waals surface area contributed by atoms with Crippen molar-refractivity contribution in [1.29, 1.82) is 0 Å². The van der Waals surface area contributed by atoms with Crippen molar-refractivity contribution in [2.45, 2.75) is 25.8 Å². The fourth-order valence-electron chi connectivity index (χ4n) is 4.27. The predicted octanol–water partition coefficient (Wildman–Crippen LogP) is 2.15. The zero-order valence-corrected chi connectivity index (χ0v) is 18.0. The highest BCUT2D eigenvalue weighted by Crippen LogP contribution is 2.21. The van der Waals surface area contributed by atoms with Gasteiger partial charge in [0.1, 0.15) is 13.1 Å². The molecule has 0 spiro atoms.